The Bertz CT molecular complexity index is 772. The van der Waals surface area contributed by atoms with Gasteiger partial charge in [0.15, 0.2) is 0 Å². The Labute approximate surface area is 171 Å². The number of nitrogens with one attached hydrogen (secondary N) is 2. The second-order valence-electron chi connectivity index (χ2n) is 7.19. The lowest BCUT2D eigenvalue weighted by atomic mass is 9.94. The lowest BCUT2D eigenvalue weighted by molar-refractivity contribution is -0.139. The molecule has 8 heteroatoms. The Morgan fingerprint density at radius 2 is 1.86 bits per heavy atom. The fourth-order valence-corrected chi connectivity index (χ4v) is 3.66. The van der Waals surface area contributed by atoms with Crippen LogP contribution in [-0.2, 0) is 9.53 Å². The molecule has 8 nitrogen and oxygen atoms in total. The highest BCUT2D eigenvalue weighted by Gasteiger charge is 2.36. The summed E-state index contributed by atoms with van der Waals surface area (Å²) in [6.45, 7) is 8.56. The van der Waals surface area contributed by atoms with Gasteiger partial charge in [-0.25, -0.2) is 9.59 Å². The molecule has 1 fully saturated rings. The normalized spacial score (nSPS) is 20.8. The van der Waals surface area contributed by atoms with Crippen molar-refractivity contribution in [3.05, 3.63) is 41.1 Å². The summed E-state index contributed by atoms with van der Waals surface area (Å²) in [5.74, 6) is 0.211. The topological polar surface area (TPSA) is 83.1 Å². The minimum Gasteiger partial charge on any atom is -0.494 e. The molecule has 0 bridgehead atoms. The van der Waals surface area contributed by atoms with Gasteiger partial charge in [-0.3, -0.25) is 4.90 Å². The van der Waals surface area contributed by atoms with Gasteiger partial charge in [0, 0.05) is 44.0 Å². The highest BCUT2D eigenvalue weighted by Crippen LogP contribution is 2.34. The molecule has 0 spiro atoms. The van der Waals surface area contributed by atoms with Crippen LogP contribution >= 0.6 is 0 Å². The molecule has 1 saturated heterocycles. The van der Waals surface area contributed by atoms with Crippen molar-refractivity contribution in [1.29, 1.82) is 0 Å². The average Bonchev–Trinajstić information content (AvgIpc) is 2.70. The van der Waals surface area contributed by atoms with Crippen LogP contribution in [0, 0.1) is 0 Å². The highest BCUT2D eigenvalue weighted by atomic mass is 16.5. The van der Waals surface area contributed by atoms with E-state index in [4.69, 9.17) is 9.47 Å². The van der Waals surface area contributed by atoms with Gasteiger partial charge in [0.1, 0.15) is 5.75 Å². The zero-order valence-corrected chi connectivity index (χ0v) is 17.4. The molecule has 0 radical (unpaired) electrons. The van der Waals surface area contributed by atoms with Gasteiger partial charge < -0.3 is 25.0 Å². The Morgan fingerprint density at radius 1 is 1.14 bits per heavy atom. The molecule has 1 aromatic rings. The molecule has 1 aromatic carbocycles. The number of urea groups is 1. The number of carbonyl (C=O) groups excluding carboxylic acids is 2. The van der Waals surface area contributed by atoms with Gasteiger partial charge in [0.05, 0.1) is 24.8 Å². The number of nitrogens with zero attached hydrogens (tertiary/aromatic N) is 2. The SMILES string of the molecule is CCOC(=O)C1=C(CN2CCN(C)CC2)NC(=O)N[C@@H]1c1ccccc1OCC. The summed E-state index contributed by atoms with van der Waals surface area (Å²) in [5, 5.41) is 5.73. The molecule has 29 heavy (non-hydrogen) atoms. The minimum atomic E-state index is -0.631. The van der Waals surface area contributed by atoms with E-state index in [1.165, 1.54) is 0 Å². The molecular formula is C21H30N4O4. The van der Waals surface area contributed by atoms with E-state index in [-0.39, 0.29) is 12.6 Å². The van der Waals surface area contributed by atoms with Crippen molar-refractivity contribution in [2.75, 3.05) is 53.0 Å². The third kappa shape index (κ3) is 5.07. The van der Waals surface area contributed by atoms with Crippen LogP contribution in [0.1, 0.15) is 25.5 Å². The lowest BCUT2D eigenvalue weighted by Crippen LogP contribution is -2.51. The van der Waals surface area contributed by atoms with E-state index in [9.17, 15) is 9.59 Å². The van der Waals surface area contributed by atoms with Crippen molar-refractivity contribution in [3.63, 3.8) is 0 Å². The summed E-state index contributed by atoms with van der Waals surface area (Å²) in [7, 11) is 2.09. The smallest absolute Gasteiger partial charge is 0.338 e. The maximum Gasteiger partial charge on any atom is 0.338 e. The molecule has 2 heterocycles. The summed E-state index contributed by atoms with van der Waals surface area (Å²) in [5.41, 5.74) is 1.76. The van der Waals surface area contributed by atoms with Crippen LogP contribution in [0.3, 0.4) is 0 Å². The second-order valence-corrected chi connectivity index (χ2v) is 7.19. The zero-order chi connectivity index (χ0) is 20.8. The number of carbonyl (C=O) groups is 2. The molecule has 0 saturated carbocycles. The minimum absolute atomic E-state index is 0.262. The number of hydrogen-bond acceptors (Lipinski definition) is 6. The Kier molecular flexibility index (Phi) is 7.11. The predicted octanol–water partition coefficient (Wildman–Crippen LogP) is 1.50. The van der Waals surface area contributed by atoms with Gasteiger partial charge in [0.2, 0.25) is 0 Å². The maximum absolute atomic E-state index is 12.9. The Balaban J connectivity index is 1.99. The van der Waals surface area contributed by atoms with Gasteiger partial charge in [0.25, 0.3) is 0 Å². The van der Waals surface area contributed by atoms with Crippen LogP contribution in [0.4, 0.5) is 4.79 Å². The molecule has 2 aliphatic heterocycles. The van der Waals surface area contributed by atoms with E-state index >= 15 is 0 Å². The van der Waals surface area contributed by atoms with Crippen molar-refractivity contribution < 1.29 is 19.1 Å². The number of piperazine rings is 1. The molecule has 0 unspecified atom stereocenters. The van der Waals surface area contributed by atoms with Crippen molar-refractivity contribution >= 4 is 12.0 Å². The maximum atomic E-state index is 12.9. The number of benzene rings is 1. The van der Waals surface area contributed by atoms with Gasteiger partial charge in [-0.15, -0.1) is 0 Å². The second kappa shape index (κ2) is 9.76. The van der Waals surface area contributed by atoms with Crippen LogP contribution in [0.25, 0.3) is 0 Å². The first kappa shape index (κ1) is 21.1. The molecule has 0 aliphatic carbocycles. The van der Waals surface area contributed by atoms with Gasteiger partial charge in [-0.1, -0.05) is 18.2 Å². The van der Waals surface area contributed by atoms with E-state index in [2.05, 4.69) is 27.5 Å². The number of ether oxygens (including phenoxy) is 2. The van der Waals surface area contributed by atoms with E-state index in [0.29, 0.717) is 30.2 Å². The molecule has 3 rings (SSSR count). The number of likely N-dealkylation sites (N-methyl/N-ethyl adjacent to an activating group) is 1. The predicted molar refractivity (Wildman–Crippen MR) is 110 cm³/mol. The van der Waals surface area contributed by atoms with Crippen LogP contribution in [0.15, 0.2) is 35.5 Å². The average molecular weight is 402 g/mol. The number of esters is 1. The number of hydrogen-bond donors (Lipinski definition) is 2. The molecule has 2 amide bonds. The molecule has 0 aromatic heterocycles. The first-order chi connectivity index (χ1) is 14.0. The number of rotatable bonds is 7. The Morgan fingerprint density at radius 3 is 2.55 bits per heavy atom. The van der Waals surface area contributed by atoms with E-state index < -0.39 is 12.0 Å². The summed E-state index contributed by atoms with van der Waals surface area (Å²) < 4.78 is 11.1. The fraction of sp³-hybridized carbons (Fsp3) is 0.524. The third-order valence-corrected chi connectivity index (χ3v) is 5.16. The largest absolute Gasteiger partial charge is 0.494 e. The molecule has 1 atom stereocenters. The van der Waals surface area contributed by atoms with Gasteiger partial charge in [-0.05, 0) is 27.0 Å². The summed E-state index contributed by atoms with van der Waals surface area (Å²) in [6.07, 6.45) is 0. The molecule has 158 valence electrons. The highest BCUT2D eigenvalue weighted by molar-refractivity contribution is 5.95. The lowest BCUT2D eigenvalue weighted by Gasteiger charge is -2.36. The first-order valence-corrected chi connectivity index (χ1v) is 10.1. The first-order valence-electron chi connectivity index (χ1n) is 10.1. The van der Waals surface area contributed by atoms with Crippen LogP contribution in [0.2, 0.25) is 0 Å². The van der Waals surface area contributed by atoms with Crippen LogP contribution in [-0.4, -0.2) is 74.8 Å². The number of para-hydroxylation sites is 1. The fourth-order valence-electron chi connectivity index (χ4n) is 3.66. The van der Waals surface area contributed by atoms with Crippen molar-refractivity contribution in [2.45, 2.75) is 19.9 Å². The van der Waals surface area contributed by atoms with Crippen molar-refractivity contribution in [1.82, 2.24) is 20.4 Å². The van der Waals surface area contributed by atoms with Gasteiger partial charge in [-0.2, -0.15) is 0 Å². The summed E-state index contributed by atoms with van der Waals surface area (Å²) >= 11 is 0. The monoisotopic (exact) mass is 402 g/mol. The summed E-state index contributed by atoms with van der Waals surface area (Å²) in [4.78, 5) is 29.9. The third-order valence-electron chi connectivity index (χ3n) is 5.16. The molecule has 2 N–H and O–H groups in total. The van der Waals surface area contributed by atoms with Gasteiger partial charge >= 0.3 is 12.0 Å². The van der Waals surface area contributed by atoms with E-state index in [0.717, 1.165) is 31.7 Å². The van der Waals surface area contributed by atoms with Crippen molar-refractivity contribution in [2.24, 2.45) is 0 Å². The summed E-state index contributed by atoms with van der Waals surface area (Å²) in [6, 6.07) is 6.49. The molecular weight excluding hydrogens is 372 g/mol. The molecule has 2 aliphatic rings. The van der Waals surface area contributed by atoms with Crippen molar-refractivity contribution in [3.8, 4) is 5.75 Å². The van der Waals surface area contributed by atoms with Crippen LogP contribution in [0.5, 0.6) is 5.75 Å². The quantitative estimate of drug-likeness (QED) is 0.673. The van der Waals surface area contributed by atoms with E-state index in [1.807, 2.05) is 31.2 Å². The van der Waals surface area contributed by atoms with Crippen LogP contribution < -0.4 is 15.4 Å². The van der Waals surface area contributed by atoms with E-state index in [1.54, 1.807) is 6.92 Å². The Hall–Kier alpha value is -2.58. The zero-order valence-electron chi connectivity index (χ0n) is 17.4. The standard InChI is InChI=1S/C21H30N4O4/c1-4-28-17-9-7-6-8-15(17)19-18(20(26)29-5-2)16(22-21(27)23-19)14-25-12-10-24(3)11-13-25/h6-9,19H,4-5,10-14H2,1-3H3,(H2,22,23,27)/t19-/m1/s1. The number of amides is 2.